The average molecular weight is 317 g/mol. The predicted octanol–water partition coefficient (Wildman–Crippen LogP) is 5.04. The van der Waals surface area contributed by atoms with E-state index in [1.807, 2.05) is 55.5 Å². The van der Waals surface area contributed by atoms with Crippen molar-refractivity contribution in [2.24, 2.45) is 0 Å². The van der Waals surface area contributed by atoms with Crippen LogP contribution in [0.25, 0.3) is 0 Å². The molecule has 0 fully saturated rings. The number of carbonyl (C=O) groups is 1. The Hall–Kier alpha value is -1.80. The average Bonchev–Trinajstić information content (AvgIpc) is 2.56. The second-order valence-electron chi connectivity index (χ2n) is 5.33. The van der Waals surface area contributed by atoms with E-state index in [9.17, 15) is 4.79 Å². The third-order valence-electron chi connectivity index (χ3n) is 3.89. The molecule has 2 nitrogen and oxygen atoms in total. The highest BCUT2D eigenvalue weighted by Gasteiger charge is 2.18. The summed E-state index contributed by atoms with van der Waals surface area (Å²) in [7, 11) is 1.65. The van der Waals surface area contributed by atoms with Gasteiger partial charge in [0.1, 0.15) is 11.5 Å². The predicted molar refractivity (Wildman–Crippen MR) is 90.8 cm³/mol. The first-order valence-corrected chi connectivity index (χ1v) is 7.93. The van der Waals surface area contributed by atoms with Crippen LogP contribution >= 0.6 is 11.6 Å². The molecule has 0 aromatic heterocycles. The van der Waals surface area contributed by atoms with Gasteiger partial charge in [-0.25, -0.2) is 0 Å². The summed E-state index contributed by atoms with van der Waals surface area (Å²) >= 11 is 5.91. The van der Waals surface area contributed by atoms with Gasteiger partial charge in [-0.05, 0) is 48.2 Å². The van der Waals surface area contributed by atoms with Crippen molar-refractivity contribution >= 4 is 17.4 Å². The van der Waals surface area contributed by atoms with Gasteiger partial charge in [0.05, 0.1) is 7.11 Å². The third-order valence-corrected chi connectivity index (χ3v) is 4.14. The zero-order valence-electron chi connectivity index (χ0n) is 13.0. The first kappa shape index (κ1) is 16.6. The van der Waals surface area contributed by atoms with Gasteiger partial charge >= 0.3 is 0 Å². The number of aryl methyl sites for hydroxylation is 1. The van der Waals surface area contributed by atoms with Gasteiger partial charge in [0.15, 0.2) is 0 Å². The fourth-order valence-corrected chi connectivity index (χ4v) is 2.70. The number of ketones is 1. The van der Waals surface area contributed by atoms with Crippen LogP contribution in [0.3, 0.4) is 0 Å². The number of methoxy groups -OCH3 is 1. The smallest absolute Gasteiger partial charge is 0.140 e. The number of ether oxygens (including phenoxy) is 1. The van der Waals surface area contributed by atoms with E-state index in [-0.39, 0.29) is 11.7 Å². The number of carbonyl (C=O) groups excluding carboxylic acids is 1. The van der Waals surface area contributed by atoms with Gasteiger partial charge in [-0.1, -0.05) is 42.8 Å². The van der Waals surface area contributed by atoms with Crippen LogP contribution in [-0.2, 0) is 11.2 Å². The maximum atomic E-state index is 12.5. The SMILES string of the molecule is CCC(C(=O)CCc1ccc(OC)cc1)c1ccc(Cl)cc1. The van der Waals surface area contributed by atoms with Gasteiger partial charge in [-0.3, -0.25) is 4.79 Å². The minimum absolute atomic E-state index is 0.0458. The Morgan fingerprint density at radius 3 is 2.27 bits per heavy atom. The summed E-state index contributed by atoms with van der Waals surface area (Å²) in [5.74, 6) is 1.07. The van der Waals surface area contributed by atoms with Gasteiger partial charge in [0.2, 0.25) is 0 Å². The lowest BCUT2D eigenvalue weighted by atomic mass is 9.89. The molecule has 2 aromatic rings. The van der Waals surface area contributed by atoms with Crippen LogP contribution in [0.5, 0.6) is 5.75 Å². The Kier molecular flexibility index (Phi) is 6.02. The Morgan fingerprint density at radius 1 is 1.09 bits per heavy atom. The minimum atomic E-state index is -0.0458. The van der Waals surface area contributed by atoms with E-state index in [4.69, 9.17) is 16.3 Å². The van der Waals surface area contributed by atoms with Crippen molar-refractivity contribution in [1.29, 1.82) is 0 Å². The summed E-state index contributed by atoms with van der Waals surface area (Å²) < 4.78 is 5.14. The molecule has 0 heterocycles. The van der Waals surface area contributed by atoms with E-state index in [0.717, 1.165) is 29.7 Å². The summed E-state index contributed by atoms with van der Waals surface area (Å²) in [6, 6.07) is 15.5. The van der Waals surface area contributed by atoms with E-state index in [1.54, 1.807) is 7.11 Å². The molecule has 1 unspecified atom stereocenters. The summed E-state index contributed by atoms with van der Waals surface area (Å²) in [5, 5.41) is 0.698. The molecule has 0 saturated heterocycles. The first-order chi connectivity index (χ1) is 10.6. The molecule has 1 atom stereocenters. The van der Waals surface area contributed by atoms with Crippen LogP contribution in [0.4, 0.5) is 0 Å². The topological polar surface area (TPSA) is 26.3 Å². The molecule has 0 bridgehead atoms. The molecule has 116 valence electrons. The molecule has 3 heteroatoms. The molecule has 22 heavy (non-hydrogen) atoms. The maximum absolute atomic E-state index is 12.5. The Balaban J connectivity index is 1.98. The lowest BCUT2D eigenvalue weighted by Gasteiger charge is -2.14. The van der Waals surface area contributed by atoms with Crippen LogP contribution in [0.2, 0.25) is 5.02 Å². The number of rotatable bonds is 7. The van der Waals surface area contributed by atoms with E-state index in [2.05, 4.69) is 0 Å². The lowest BCUT2D eigenvalue weighted by Crippen LogP contribution is -2.12. The standard InChI is InChI=1S/C19H21ClO2/c1-3-18(15-7-9-16(20)10-8-15)19(21)13-6-14-4-11-17(22-2)12-5-14/h4-5,7-12,18H,3,6,13H2,1-2H3. The molecule has 0 radical (unpaired) electrons. The van der Waals surface area contributed by atoms with Crippen LogP contribution in [0.15, 0.2) is 48.5 Å². The number of halogens is 1. The van der Waals surface area contributed by atoms with Crippen molar-refractivity contribution in [1.82, 2.24) is 0 Å². The largest absolute Gasteiger partial charge is 0.497 e. The van der Waals surface area contributed by atoms with Crippen molar-refractivity contribution < 1.29 is 9.53 Å². The fourth-order valence-electron chi connectivity index (χ4n) is 2.58. The normalized spacial score (nSPS) is 12.0. The van der Waals surface area contributed by atoms with Crippen LogP contribution in [0.1, 0.15) is 36.8 Å². The summed E-state index contributed by atoms with van der Waals surface area (Å²) in [6.45, 7) is 2.05. The van der Waals surface area contributed by atoms with E-state index in [1.165, 1.54) is 0 Å². The highest BCUT2D eigenvalue weighted by molar-refractivity contribution is 6.30. The van der Waals surface area contributed by atoms with Gasteiger partial charge in [0, 0.05) is 17.4 Å². The molecule has 0 aliphatic heterocycles. The second kappa shape index (κ2) is 8.00. The maximum Gasteiger partial charge on any atom is 0.140 e. The molecule has 0 aliphatic rings. The zero-order valence-corrected chi connectivity index (χ0v) is 13.8. The minimum Gasteiger partial charge on any atom is -0.497 e. The summed E-state index contributed by atoms with van der Waals surface area (Å²) in [4.78, 5) is 12.5. The van der Waals surface area contributed by atoms with Crippen molar-refractivity contribution in [3.8, 4) is 5.75 Å². The van der Waals surface area contributed by atoms with E-state index >= 15 is 0 Å². The monoisotopic (exact) mass is 316 g/mol. The van der Waals surface area contributed by atoms with Crippen LogP contribution < -0.4 is 4.74 Å². The zero-order chi connectivity index (χ0) is 15.9. The van der Waals surface area contributed by atoms with Crippen molar-refractivity contribution in [3.05, 3.63) is 64.7 Å². The van der Waals surface area contributed by atoms with Gasteiger partial charge in [0.25, 0.3) is 0 Å². The molecule has 2 rings (SSSR count). The Labute approximate surface area is 137 Å². The van der Waals surface area contributed by atoms with Crippen LogP contribution in [0, 0.1) is 0 Å². The lowest BCUT2D eigenvalue weighted by molar-refractivity contribution is -0.120. The van der Waals surface area contributed by atoms with Gasteiger partial charge in [-0.2, -0.15) is 0 Å². The number of hydrogen-bond acceptors (Lipinski definition) is 2. The Morgan fingerprint density at radius 2 is 1.73 bits per heavy atom. The number of Topliss-reactive ketones (excluding diaryl/α,β-unsaturated/α-hetero) is 1. The molecule has 0 saturated carbocycles. The number of hydrogen-bond donors (Lipinski definition) is 0. The van der Waals surface area contributed by atoms with E-state index in [0.29, 0.717) is 11.4 Å². The molecule has 0 spiro atoms. The third kappa shape index (κ3) is 4.35. The summed E-state index contributed by atoms with van der Waals surface area (Å²) in [6.07, 6.45) is 2.11. The molecular weight excluding hydrogens is 296 g/mol. The van der Waals surface area contributed by atoms with Crippen molar-refractivity contribution in [2.45, 2.75) is 32.1 Å². The molecular formula is C19H21ClO2. The molecule has 0 amide bonds. The van der Waals surface area contributed by atoms with Gasteiger partial charge in [-0.15, -0.1) is 0 Å². The second-order valence-corrected chi connectivity index (χ2v) is 5.76. The molecule has 2 aromatic carbocycles. The van der Waals surface area contributed by atoms with Crippen molar-refractivity contribution in [3.63, 3.8) is 0 Å². The number of benzene rings is 2. The molecule has 0 aliphatic carbocycles. The molecule has 0 N–H and O–H groups in total. The van der Waals surface area contributed by atoms with Crippen molar-refractivity contribution in [2.75, 3.05) is 7.11 Å². The van der Waals surface area contributed by atoms with Gasteiger partial charge < -0.3 is 4.74 Å². The highest BCUT2D eigenvalue weighted by Crippen LogP contribution is 2.24. The Bertz CT molecular complexity index is 602. The summed E-state index contributed by atoms with van der Waals surface area (Å²) in [5.41, 5.74) is 2.20. The van der Waals surface area contributed by atoms with E-state index < -0.39 is 0 Å². The quantitative estimate of drug-likeness (QED) is 0.715. The fraction of sp³-hybridized carbons (Fsp3) is 0.316. The first-order valence-electron chi connectivity index (χ1n) is 7.55. The van der Waals surface area contributed by atoms with Crippen LogP contribution in [-0.4, -0.2) is 12.9 Å². The highest BCUT2D eigenvalue weighted by atomic mass is 35.5.